The van der Waals surface area contributed by atoms with Gasteiger partial charge in [-0.15, -0.1) is 0 Å². The highest BCUT2D eigenvalue weighted by Crippen LogP contribution is 2.22. The van der Waals surface area contributed by atoms with Crippen LogP contribution in [0.25, 0.3) is 0 Å². The molecule has 2 aromatic rings. The first-order valence-corrected chi connectivity index (χ1v) is 10.1. The van der Waals surface area contributed by atoms with Gasteiger partial charge in [0.05, 0.1) is 18.0 Å². The van der Waals surface area contributed by atoms with E-state index in [9.17, 15) is 17.6 Å². The molecule has 148 valence electrons. The van der Waals surface area contributed by atoms with Crippen molar-refractivity contribution in [1.82, 2.24) is 9.62 Å². The SMILES string of the molecule is CN(CCOc1ccc(F)cc1)C(=O)CCN=C1NS(=O)(=O)c2ccccc21. The monoisotopic (exact) mass is 405 g/mol. The number of nitrogens with one attached hydrogen (secondary N) is 1. The third kappa shape index (κ3) is 4.66. The number of nitrogens with zero attached hydrogens (tertiary/aromatic N) is 2. The molecule has 1 heterocycles. The van der Waals surface area contributed by atoms with Crippen molar-refractivity contribution in [3.05, 3.63) is 59.9 Å². The molecule has 0 radical (unpaired) electrons. The second-order valence-electron chi connectivity index (χ2n) is 6.20. The maximum atomic E-state index is 12.8. The minimum absolute atomic E-state index is 0.138. The van der Waals surface area contributed by atoms with Crippen molar-refractivity contribution in [3.63, 3.8) is 0 Å². The molecule has 1 aliphatic heterocycles. The smallest absolute Gasteiger partial charge is 0.263 e. The fraction of sp³-hybridized carbons (Fsp3) is 0.263. The number of aliphatic imine (C=N–C) groups is 1. The number of amidine groups is 1. The maximum absolute atomic E-state index is 12.8. The van der Waals surface area contributed by atoms with E-state index in [4.69, 9.17) is 4.74 Å². The Balaban J connectivity index is 1.47. The Kier molecular flexibility index (Phi) is 5.93. The summed E-state index contributed by atoms with van der Waals surface area (Å²) in [6.45, 7) is 0.798. The van der Waals surface area contributed by atoms with Gasteiger partial charge in [0.1, 0.15) is 24.0 Å². The van der Waals surface area contributed by atoms with E-state index in [2.05, 4.69) is 9.71 Å². The number of hydrogen-bond acceptors (Lipinski definition) is 5. The zero-order valence-electron chi connectivity index (χ0n) is 15.3. The fourth-order valence-corrected chi connectivity index (χ4v) is 3.91. The predicted octanol–water partition coefficient (Wildman–Crippen LogP) is 1.79. The van der Waals surface area contributed by atoms with Gasteiger partial charge in [-0.1, -0.05) is 12.1 Å². The predicted molar refractivity (Wildman–Crippen MR) is 102 cm³/mol. The summed E-state index contributed by atoms with van der Waals surface area (Å²) in [6.07, 6.45) is 0.139. The number of halogens is 1. The number of ether oxygens (including phenoxy) is 1. The van der Waals surface area contributed by atoms with Crippen molar-refractivity contribution >= 4 is 21.8 Å². The lowest BCUT2D eigenvalue weighted by molar-refractivity contribution is -0.130. The second-order valence-corrected chi connectivity index (χ2v) is 7.85. The zero-order chi connectivity index (χ0) is 20.1. The van der Waals surface area contributed by atoms with Crippen molar-refractivity contribution in [3.8, 4) is 5.75 Å². The Hall–Kier alpha value is -2.94. The van der Waals surface area contributed by atoms with Crippen molar-refractivity contribution in [2.24, 2.45) is 4.99 Å². The van der Waals surface area contributed by atoms with Crippen LogP contribution >= 0.6 is 0 Å². The maximum Gasteiger partial charge on any atom is 0.263 e. The van der Waals surface area contributed by atoms with Crippen LogP contribution in [0.1, 0.15) is 12.0 Å². The van der Waals surface area contributed by atoms with E-state index in [1.807, 2.05) is 0 Å². The lowest BCUT2D eigenvalue weighted by Gasteiger charge is -2.17. The summed E-state index contributed by atoms with van der Waals surface area (Å²) < 4.78 is 44.8. The van der Waals surface area contributed by atoms with E-state index >= 15 is 0 Å². The average Bonchev–Trinajstić information content (AvgIpc) is 2.94. The molecule has 7 nitrogen and oxygen atoms in total. The Morgan fingerprint density at radius 1 is 1.18 bits per heavy atom. The molecule has 28 heavy (non-hydrogen) atoms. The van der Waals surface area contributed by atoms with E-state index in [1.165, 1.54) is 35.2 Å². The third-order valence-corrected chi connectivity index (χ3v) is 5.59. The third-order valence-electron chi connectivity index (χ3n) is 4.19. The van der Waals surface area contributed by atoms with Gasteiger partial charge in [0.15, 0.2) is 0 Å². The molecular formula is C19H20FN3O4S. The molecule has 0 atom stereocenters. The van der Waals surface area contributed by atoms with Crippen molar-refractivity contribution in [2.45, 2.75) is 11.3 Å². The summed E-state index contributed by atoms with van der Waals surface area (Å²) in [6, 6.07) is 12.2. The zero-order valence-corrected chi connectivity index (χ0v) is 16.1. The first-order valence-electron chi connectivity index (χ1n) is 8.66. The van der Waals surface area contributed by atoms with Crippen LogP contribution in [0.15, 0.2) is 58.4 Å². The van der Waals surface area contributed by atoms with Crippen LogP contribution in [0.3, 0.4) is 0 Å². The number of fused-ring (bicyclic) bond motifs is 1. The lowest BCUT2D eigenvalue weighted by atomic mass is 10.2. The van der Waals surface area contributed by atoms with E-state index in [0.717, 1.165) is 0 Å². The van der Waals surface area contributed by atoms with Crippen LogP contribution in [0.2, 0.25) is 0 Å². The Morgan fingerprint density at radius 2 is 1.89 bits per heavy atom. The lowest BCUT2D eigenvalue weighted by Crippen LogP contribution is -2.31. The van der Waals surface area contributed by atoms with Gasteiger partial charge in [0.25, 0.3) is 10.0 Å². The van der Waals surface area contributed by atoms with Gasteiger partial charge in [-0.2, -0.15) is 0 Å². The van der Waals surface area contributed by atoms with Gasteiger partial charge in [-0.25, -0.2) is 12.8 Å². The fourth-order valence-electron chi connectivity index (χ4n) is 2.66. The first kappa shape index (κ1) is 19.8. The number of sulfonamides is 1. The summed E-state index contributed by atoms with van der Waals surface area (Å²) in [7, 11) is -1.93. The quantitative estimate of drug-likeness (QED) is 0.761. The number of likely N-dealkylation sites (N-methyl/N-ethyl adjacent to an activating group) is 1. The van der Waals surface area contributed by atoms with Crippen LogP contribution in [-0.4, -0.2) is 51.8 Å². The highest BCUT2D eigenvalue weighted by atomic mass is 32.2. The Morgan fingerprint density at radius 3 is 2.64 bits per heavy atom. The van der Waals surface area contributed by atoms with Crippen LogP contribution in [0.5, 0.6) is 5.75 Å². The molecule has 9 heteroatoms. The molecule has 0 saturated heterocycles. The van der Waals surface area contributed by atoms with Crippen LogP contribution < -0.4 is 9.46 Å². The van der Waals surface area contributed by atoms with E-state index in [1.54, 1.807) is 25.2 Å². The van der Waals surface area contributed by atoms with Crippen LogP contribution in [0, 0.1) is 5.82 Å². The van der Waals surface area contributed by atoms with Crippen molar-refractivity contribution < 1.29 is 22.3 Å². The first-order chi connectivity index (χ1) is 13.4. The minimum atomic E-state index is -3.58. The van der Waals surface area contributed by atoms with Gasteiger partial charge in [-0.05, 0) is 36.4 Å². The van der Waals surface area contributed by atoms with Gasteiger partial charge in [-0.3, -0.25) is 14.5 Å². The molecule has 1 amide bonds. The molecule has 0 aliphatic carbocycles. The van der Waals surface area contributed by atoms with Crippen molar-refractivity contribution in [2.75, 3.05) is 26.7 Å². The minimum Gasteiger partial charge on any atom is -0.492 e. The van der Waals surface area contributed by atoms with E-state index in [0.29, 0.717) is 17.9 Å². The molecular weight excluding hydrogens is 385 g/mol. The number of rotatable bonds is 7. The van der Waals surface area contributed by atoms with Crippen LogP contribution in [-0.2, 0) is 14.8 Å². The normalized spacial score (nSPS) is 15.7. The van der Waals surface area contributed by atoms with Gasteiger partial charge in [0, 0.05) is 19.0 Å². The summed E-state index contributed by atoms with van der Waals surface area (Å²) in [5.41, 5.74) is 0.510. The number of amides is 1. The molecule has 2 aromatic carbocycles. The Labute approximate surface area is 162 Å². The van der Waals surface area contributed by atoms with E-state index in [-0.39, 0.29) is 42.0 Å². The number of hydrogen-bond donors (Lipinski definition) is 1. The van der Waals surface area contributed by atoms with Gasteiger partial charge < -0.3 is 9.64 Å². The van der Waals surface area contributed by atoms with Crippen molar-refractivity contribution in [1.29, 1.82) is 0 Å². The van der Waals surface area contributed by atoms with Gasteiger partial charge >= 0.3 is 0 Å². The second kappa shape index (κ2) is 8.39. The topological polar surface area (TPSA) is 88.1 Å². The number of carbonyl (C=O) groups is 1. The molecule has 0 unspecified atom stereocenters. The number of carbonyl (C=O) groups excluding carboxylic acids is 1. The summed E-state index contributed by atoms with van der Waals surface area (Å²) in [5, 5.41) is 0. The molecule has 0 bridgehead atoms. The average molecular weight is 405 g/mol. The highest BCUT2D eigenvalue weighted by molar-refractivity contribution is 7.90. The molecule has 0 aromatic heterocycles. The standard InChI is InChI=1S/C19H20FN3O4S/c1-23(12-13-27-15-8-6-14(20)7-9-15)18(24)10-11-21-19-16-4-2-3-5-17(16)28(25,26)22-19/h2-9H,10-13H2,1H3,(H,21,22). The summed E-state index contributed by atoms with van der Waals surface area (Å²) >= 11 is 0. The summed E-state index contributed by atoms with van der Waals surface area (Å²) in [5.74, 6) is 0.307. The molecule has 0 saturated carbocycles. The molecule has 1 N–H and O–H groups in total. The molecule has 1 aliphatic rings. The van der Waals surface area contributed by atoms with Gasteiger partial charge in [0.2, 0.25) is 5.91 Å². The van der Waals surface area contributed by atoms with E-state index < -0.39 is 10.0 Å². The molecule has 3 rings (SSSR count). The molecule has 0 spiro atoms. The highest BCUT2D eigenvalue weighted by Gasteiger charge is 2.29. The number of benzene rings is 2. The largest absolute Gasteiger partial charge is 0.492 e. The molecule has 0 fully saturated rings. The summed E-state index contributed by atoms with van der Waals surface area (Å²) in [4.78, 5) is 18.1. The Bertz CT molecular complexity index is 990. The van der Waals surface area contributed by atoms with Crippen LogP contribution in [0.4, 0.5) is 4.39 Å².